The number of nitrogens with zero attached hydrogens (tertiary/aromatic N) is 2. The van der Waals surface area contributed by atoms with Gasteiger partial charge in [0.2, 0.25) is 0 Å². The molecule has 2 unspecified atom stereocenters. The lowest BCUT2D eigenvalue weighted by Gasteiger charge is -2.36. The zero-order valence-corrected chi connectivity index (χ0v) is 15.6. The molecule has 0 saturated carbocycles. The molecule has 0 radical (unpaired) electrons. The SMILES string of the molecule is CCC(=NOC)C1=C(c2ccc(Cl)c(Cl)c2)CC2CC(O)[C@H]1N2C. The molecule has 1 aromatic rings. The van der Waals surface area contributed by atoms with E-state index in [-0.39, 0.29) is 6.04 Å². The van der Waals surface area contributed by atoms with Gasteiger partial charge in [-0.25, -0.2) is 0 Å². The van der Waals surface area contributed by atoms with Gasteiger partial charge >= 0.3 is 0 Å². The molecule has 24 heavy (non-hydrogen) atoms. The number of hydrogen-bond acceptors (Lipinski definition) is 4. The second-order valence-electron chi connectivity index (χ2n) is 6.37. The quantitative estimate of drug-likeness (QED) is 0.645. The molecule has 6 heteroatoms. The van der Waals surface area contributed by atoms with Crippen molar-refractivity contribution in [3.63, 3.8) is 0 Å². The number of hydrogen-bond donors (Lipinski definition) is 1. The molecule has 4 nitrogen and oxygen atoms in total. The van der Waals surface area contributed by atoms with E-state index >= 15 is 0 Å². The van der Waals surface area contributed by atoms with Crippen LogP contribution in [0.1, 0.15) is 31.7 Å². The lowest BCUT2D eigenvalue weighted by molar-refractivity contribution is 0.143. The number of aliphatic hydroxyl groups is 1. The molecule has 2 bridgehead atoms. The lowest BCUT2D eigenvalue weighted by Crippen LogP contribution is -2.43. The Kier molecular flexibility index (Phi) is 5.21. The van der Waals surface area contributed by atoms with Crippen LogP contribution in [0.15, 0.2) is 28.9 Å². The Balaban J connectivity index is 2.19. The first-order chi connectivity index (χ1) is 11.5. The van der Waals surface area contributed by atoms with Crippen molar-refractivity contribution in [3.8, 4) is 0 Å². The zero-order chi connectivity index (χ0) is 17.4. The van der Waals surface area contributed by atoms with E-state index in [0.29, 0.717) is 16.1 Å². The number of fused-ring (bicyclic) bond motifs is 2. The molecule has 2 aliphatic heterocycles. The molecule has 1 aromatic carbocycles. The molecule has 2 aliphatic rings. The third-order valence-corrected chi connectivity index (χ3v) is 5.81. The van der Waals surface area contributed by atoms with Crippen LogP contribution in [-0.4, -0.2) is 48.1 Å². The Morgan fingerprint density at radius 1 is 1.38 bits per heavy atom. The third-order valence-electron chi connectivity index (χ3n) is 5.07. The minimum absolute atomic E-state index is 0.0675. The van der Waals surface area contributed by atoms with Crippen molar-refractivity contribution in [1.29, 1.82) is 0 Å². The van der Waals surface area contributed by atoms with Gasteiger partial charge in [-0.2, -0.15) is 0 Å². The molecule has 1 fully saturated rings. The first kappa shape index (κ1) is 17.7. The Morgan fingerprint density at radius 2 is 2.12 bits per heavy atom. The van der Waals surface area contributed by atoms with Gasteiger partial charge in [-0.15, -0.1) is 0 Å². The normalized spacial score (nSPS) is 27.8. The summed E-state index contributed by atoms with van der Waals surface area (Å²) < 4.78 is 0. The largest absolute Gasteiger partial charge is 0.399 e. The van der Waals surface area contributed by atoms with Crippen molar-refractivity contribution >= 4 is 34.5 Å². The molecule has 1 saturated heterocycles. The molecule has 2 heterocycles. The number of oxime groups is 1. The first-order valence-corrected chi connectivity index (χ1v) is 8.92. The van der Waals surface area contributed by atoms with Crippen LogP contribution in [0, 0.1) is 0 Å². The summed E-state index contributed by atoms with van der Waals surface area (Å²) in [5, 5.41) is 15.9. The van der Waals surface area contributed by atoms with Crippen LogP contribution in [-0.2, 0) is 4.84 Å². The first-order valence-electron chi connectivity index (χ1n) is 8.16. The molecule has 1 N–H and O–H groups in total. The fourth-order valence-corrected chi connectivity index (χ4v) is 4.23. The second-order valence-corrected chi connectivity index (χ2v) is 7.18. The van der Waals surface area contributed by atoms with E-state index < -0.39 is 6.10 Å². The summed E-state index contributed by atoms with van der Waals surface area (Å²) in [5.74, 6) is 0. The number of rotatable bonds is 4. The van der Waals surface area contributed by atoms with Gasteiger partial charge in [0.1, 0.15) is 7.11 Å². The van der Waals surface area contributed by atoms with E-state index in [1.807, 2.05) is 25.1 Å². The number of benzene rings is 1. The summed E-state index contributed by atoms with van der Waals surface area (Å²) in [5.41, 5.74) is 4.14. The van der Waals surface area contributed by atoms with E-state index in [1.54, 1.807) is 7.11 Å². The summed E-state index contributed by atoms with van der Waals surface area (Å²) in [4.78, 5) is 7.31. The summed E-state index contributed by atoms with van der Waals surface area (Å²) in [6, 6.07) is 5.96. The van der Waals surface area contributed by atoms with E-state index in [0.717, 1.165) is 36.1 Å². The van der Waals surface area contributed by atoms with Crippen LogP contribution in [0.2, 0.25) is 10.0 Å². The lowest BCUT2D eigenvalue weighted by atomic mass is 9.85. The Bertz CT molecular complexity index is 702. The summed E-state index contributed by atoms with van der Waals surface area (Å²) >= 11 is 12.3. The molecule has 3 rings (SSSR count). The van der Waals surface area contributed by atoms with Crippen molar-refractivity contribution in [1.82, 2.24) is 4.90 Å². The minimum Gasteiger partial charge on any atom is -0.399 e. The highest BCUT2D eigenvalue weighted by Gasteiger charge is 2.46. The molecular weight excluding hydrogens is 347 g/mol. The second kappa shape index (κ2) is 7.04. The molecule has 0 spiro atoms. The minimum atomic E-state index is -0.399. The van der Waals surface area contributed by atoms with Crippen LogP contribution in [0.4, 0.5) is 0 Å². The standard InChI is InChI=1S/C18H22Cl2N2O2/c1-4-15(21-24-3)17-12(10-5-6-13(19)14(20)7-10)8-11-9-16(23)18(17)22(11)2/h5-7,11,16,18,23H,4,8-9H2,1-3H3/t11?,16?,18-/m1/s1. The van der Waals surface area contributed by atoms with Crippen molar-refractivity contribution in [3.05, 3.63) is 39.4 Å². The van der Waals surface area contributed by atoms with E-state index in [1.165, 1.54) is 5.57 Å². The molecule has 3 atom stereocenters. The van der Waals surface area contributed by atoms with E-state index in [9.17, 15) is 5.11 Å². The fourth-order valence-electron chi connectivity index (χ4n) is 3.94. The fraction of sp³-hybridized carbons (Fsp3) is 0.500. The monoisotopic (exact) mass is 368 g/mol. The Morgan fingerprint density at radius 3 is 2.75 bits per heavy atom. The maximum absolute atomic E-state index is 10.6. The van der Waals surface area contributed by atoms with Crippen molar-refractivity contribution in [2.45, 2.75) is 44.4 Å². The van der Waals surface area contributed by atoms with E-state index in [2.05, 4.69) is 17.1 Å². The van der Waals surface area contributed by atoms with Gasteiger partial charge in [-0.1, -0.05) is 41.3 Å². The predicted molar refractivity (Wildman–Crippen MR) is 98.7 cm³/mol. The predicted octanol–water partition coefficient (Wildman–Crippen LogP) is 4.00. The van der Waals surface area contributed by atoms with E-state index in [4.69, 9.17) is 28.0 Å². The van der Waals surface area contributed by atoms with Gasteiger partial charge in [0.25, 0.3) is 0 Å². The maximum Gasteiger partial charge on any atom is 0.106 e. The molecule has 0 aromatic heterocycles. The summed E-state index contributed by atoms with van der Waals surface area (Å²) in [7, 11) is 3.62. The Hall–Kier alpha value is -1.07. The van der Waals surface area contributed by atoms with Gasteiger partial charge in [-0.05, 0) is 49.6 Å². The average molecular weight is 369 g/mol. The van der Waals surface area contributed by atoms with Crippen molar-refractivity contribution < 1.29 is 9.94 Å². The van der Waals surface area contributed by atoms with Crippen LogP contribution >= 0.6 is 23.2 Å². The zero-order valence-electron chi connectivity index (χ0n) is 14.1. The summed E-state index contributed by atoms with van der Waals surface area (Å²) in [6.45, 7) is 2.05. The number of aliphatic hydroxyl groups excluding tert-OH is 1. The molecular formula is C18H22Cl2N2O2. The van der Waals surface area contributed by atoms with Gasteiger partial charge in [0.05, 0.1) is 27.9 Å². The maximum atomic E-state index is 10.6. The highest BCUT2D eigenvalue weighted by molar-refractivity contribution is 6.42. The third kappa shape index (κ3) is 2.97. The Labute approximate surface area is 152 Å². The van der Waals surface area contributed by atoms with Gasteiger partial charge in [0, 0.05) is 11.6 Å². The topological polar surface area (TPSA) is 45.1 Å². The number of likely N-dealkylation sites (N-methyl/N-ethyl adjacent to an activating group) is 1. The average Bonchev–Trinajstić information content (AvgIpc) is 2.74. The van der Waals surface area contributed by atoms with Gasteiger partial charge in [-0.3, -0.25) is 4.90 Å². The summed E-state index contributed by atoms with van der Waals surface area (Å²) in [6.07, 6.45) is 1.94. The van der Waals surface area contributed by atoms with Crippen LogP contribution in [0.25, 0.3) is 5.57 Å². The van der Waals surface area contributed by atoms with Crippen LogP contribution in [0.3, 0.4) is 0 Å². The van der Waals surface area contributed by atoms with Crippen LogP contribution in [0.5, 0.6) is 0 Å². The molecule has 130 valence electrons. The highest BCUT2D eigenvalue weighted by atomic mass is 35.5. The van der Waals surface area contributed by atoms with Gasteiger partial charge in [0.15, 0.2) is 0 Å². The van der Waals surface area contributed by atoms with Gasteiger partial charge < -0.3 is 9.94 Å². The van der Waals surface area contributed by atoms with Crippen molar-refractivity contribution in [2.24, 2.45) is 5.16 Å². The highest BCUT2D eigenvalue weighted by Crippen LogP contribution is 2.44. The smallest absolute Gasteiger partial charge is 0.106 e. The van der Waals surface area contributed by atoms with Crippen molar-refractivity contribution in [2.75, 3.05) is 14.2 Å². The molecule has 0 aliphatic carbocycles. The number of halogens is 2. The molecule has 0 amide bonds. The van der Waals surface area contributed by atoms with Crippen LogP contribution < -0.4 is 0 Å².